The number of nitro groups is 1. The second kappa shape index (κ2) is 6.70. The number of nitrogens with zero attached hydrogens (tertiary/aromatic N) is 2. The fraction of sp³-hybridized carbons (Fsp3) is 0.333. The summed E-state index contributed by atoms with van der Waals surface area (Å²) < 4.78 is 5.08. The summed E-state index contributed by atoms with van der Waals surface area (Å²) in [6, 6.07) is 7.07. The topological polar surface area (TPSA) is 86.2 Å². The Kier molecular flexibility index (Phi) is 4.92. The number of halogens is 1. The average molecular weight is 323 g/mol. The van der Waals surface area contributed by atoms with Crippen molar-refractivity contribution >= 4 is 23.1 Å². The number of carbonyl (C=O) groups excluding carboxylic acids is 1. The molecule has 0 N–H and O–H groups in total. The normalized spacial score (nSPS) is 12.1. The molecule has 1 heterocycles. The van der Waals surface area contributed by atoms with Crippen molar-refractivity contribution in [1.82, 2.24) is 5.16 Å². The van der Waals surface area contributed by atoms with E-state index in [2.05, 4.69) is 5.16 Å². The number of benzene rings is 1. The molecule has 1 unspecified atom stereocenters. The number of carbonyl (C=O) groups is 1. The molecule has 0 saturated carbocycles. The third-order valence-corrected chi connectivity index (χ3v) is 3.64. The zero-order chi connectivity index (χ0) is 16.3. The first-order chi connectivity index (χ1) is 10.4. The fourth-order valence-corrected chi connectivity index (χ4v) is 2.52. The molecule has 0 bridgehead atoms. The molecule has 2 rings (SSSR count). The predicted molar refractivity (Wildman–Crippen MR) is 81.1 cm³/mol. The summed E-state index contributed by atoms with van der Waals surface area (Å²) >= 11 is 5.87. The Labute approximate surface area is 132 Å². The van der Waals surface area contributed by atoms with Gasteiger partial charge >= 0.3 is 5.69 Å². The van der Waals surface area contributed by atoms with Crippen LogP contribution in [0.4, 0.5) is 5.69 Å². The lowest BCUT2D eigenvalue weighted by Gasteiger charge is -2.14. The van der Waals surface area contributed by atoms with Crippen molar-refractivity contribution in [3.63, 3.8) is 0 Å². The lowest BCUT2D eigenvalue weighted by molar-refractivity contribution is -0.386. The van der Waals surface area contributed by atoms with E-state index in [-0.39, 0.29) is 41.7 Å². The Hall–Kier alpha value is -2.21. The molecule has 0 radical (unpaired) electrons. The van der Waals surface area contributed by atoms with Crippen LogP contribution < -0.4 is 0 Å². The number of Topliss-reactive ketones (excluding diaryl/α,β-unsaturated/α-hetero) is 1. The van der Waals surface area contributed by atoms with Crippen LogP contribution in [0.3, 0.4) is 0 Å². The zero-order valence-corrected chi connectivity index (χ0v) is 13.0. The van der Waals surface area contributed by atoms with Crippen LogP contribution in [0.1, 0.15) is 36.3 Å². The average Bonchev–Trinajstić information content (AvgIpc) is 2.79. The number of hydrogen-bond donors (Lipinski definition) is 0. The predicted octanol–water partition coefficient (Wildman–Crippen LogP) is 3.85. The van der Waals surface area contributed by atoms with Gasteiger partial charge in [-0.15, -0.1) is 0 Å². The Balaban J connectivity index is 2.33. The zero-order valence-electron chi connectivity index (χ0n) is 12.2. The Bertz CT molecular complexity index is 694. The SMILES string of the molecule is CC(=O)CC(Cc1onc(C)c1[N+](=O)[O-])c1ccc(Cl)cc1. The minimum atomic E-state index is -0.506. The molecule has 6 nitrogen and oxygen atoms in total. The molecule has 0 aliphatic heterocycles. The number of rotatable bonds is 6. The van der Waals surface area contributed by atoms with Crippen LogP contribution in [0.15, 0.2) is 28.8 Å². The minimum absolute atomic E-state index is 0.00107. The molecule has 0 amide bonds. The van der Waals surface area contributed by atoms with Gasteiger partial charge in [-0.05, 0) is 37.5 Å². The van der Waals surface area contributed by atoms with Gasteiger partial charge in [0, 0.05) is 17.9 Å². The van der Waals surface area contributed by atoms with Gasteiger partial charge < -0.3 is 9.32 Å². The van der Waals surface area contributed by atoms with Gasteiger partial charge in [-0.2, -0.15) is 0 Å². The van der Waals surface area contributed by atoms with E-state index in [1.807, 2.05) is 12.1 Å². The van der Waals surface area contributed by atoms with E-state index in [9.17, 15) is 14.9 Å². The maximum atomic E-state index is 11.5. The van der Waals surface area contributed by atoms with E-state index in [1.165, 1.54) is 13.8 Å². The molecule has 116 valence electrons. The molecule has 0 spiro atoms. The van der Waals surface area contributed by atoms with Crippen molar-refractivity contribution < 1.29 is 14.2 Å². The summed E-state index contributed by atoms with van der Waals surface area (Å²) in [4.78, 5) is 22.1. The first kappa shape index (κ1) is 16.2. The molecule has 1 aromatic carbocycles. The van der Waals surface area contributed by atoms with Crippen molar-refractivity contribution in [2.75, 3.05) is 0 Å². The molecule has 0 fully saturated rings. The van der Waals surface area contributed by atoms with Crippen molar-refractivity contribution in [3.05, 3.63) is 56.4 Å². The van der Waals surface area contributed by atoms with Gasteiger partial charge in [-0.3, -0.25) is 10.1 Å². The van der Waals surface area contributed by atoms with Gasteiger partial charge in [-0.1, -0.05) is 28.9 Å². The van der Waals surface area contributed by atoms with E-state index in [0.29, 0.717) is 5.02 Å². The molecule has 7 heteroatoms. The highest BCUT2D eigenvalue weighted by molar-refractivity contribution is 6.30. The molecule has 0 aliphatic carbocycles. The molecule has 1 aromatic heterocycles. The molecule has 0 saturated heterocycles. The number of hydrogen-bond acceptors (Lipinski definition) is 5. The Morgan fingerprint density at radius 3 is 2.59 bits per heavy atom. The van der Waals surface area contributed by atoms with Crippen LogP contribution in [0.5, 0.6) is 0 Å². The van der Waals surface area contributed by atoms with Crippen LogP contribution in [0.25, 0.3) is 0 Å². The summed E-state index contributed by atoms with van der Waals surface area (Å²) in [7, 11) is 0. The van der Waals surface area contributed by atoms with Gasteiger partial charge in [0.2, 0.25) is 5.76 Å². The summed E-state index contributed by atoms with van der Waals surface area (Å²) in [5.41, 5.74) is 0.989. The highest BCUT2D eigenvalue weighted by Gasteiger charge is 2.27. The summed E-state index contributed by atoms with van der Waals surface area (Å²) in [5.74, 6) is -0.0386. The highest BCUT2D eigenvalue weighted by atomic mass is 35.5. The Morgan fingerprint density at radius 2 is 2.05 bits per heavy atom. The number of ketones is 1. The largest absolute Gasteiger partial charge is 0.354 e. The summed E-state index contributed by atoms with van der Waals surface area (Å²) in [6.07, 6.45) is 0.497. The van der Waals surface area contributed by atoms with Crippen LogP contribution in [-0.4, -0.2) is 15.9 Å². The van der Waals surface area contributed by atoms with Crippen molar-refractivity contribution in [1.29, 1.82) is 0 Å². The summed E-state index contributed by atoms with van der Waals surface area (Å²) in [5, 5.41) is 15.4. The summed E-state index contributed by atoms with van der Waals surface area (Å²) in [6.45, 7) is 3.01. The third-order valence-electron chi connectivity index (χ3n) is 3.39. The van der Waals surface area contributed by atoms with Crippen LogP contribution in [0.2, 0.25) is 5.02 Å². The number of aryl methyl sites for hydroxylation is 1. The van der Waals surface area contributed by atoms with E-state index in [1.54, 1.807) is 12.1 Å². The second-order valence-electron chi connectivity index (χ2n) is 5.16. The molecule has 2 aromatic rings. The first-order valence-corrected chi connectivity index (χ1v) is 7.10. The standard InChI is InChI=1S/C15H15ClN2O4/c1-9(19)7-12(11-3-5-13(16)6-4-11)8-14-15(18(20)21)10(2)17-22-14/h3-6,12H,7-8H2,1-2H3. The van der Waals surface area contributed by atoms with Gasteiger partial charge in [0.05, 0.1) is 4.92 Å². The van der Waals surface area contributed by atoms with Crippen LogP contribution >= 0.6 is 11.6 Å². The maximum Gasteiger partial charge on any atom is 0.334 e. The molecular formula is C15H15ClN2O4. The molecule has 22 heavy (non-hydrogen) atoms. The number of aromatic nitrogens is 1. The second-order valence-corrected chi connectivity index (χ2v) is 5.59. The van der Waals surface area contributed by atoms with Gasteiger partial charge in [0.25, 0.3) is 0 Å². The van der Waals surface area contributed by atoms with Crippen molar-refractivity contribution in [3.8, 4) is 0 Å². The highest BCUT2D eigenvalue weighted by Crippen LogP contribution is 2.31. The smallest absolute Gasteiger partial charge is 0.334 e. The monoisotopic (exact) mass is 322 g/mol. The lowest BCUT2D eigenvalue weighted by atomic mass is 9.90. The third kappa shape index (κ3) is 3.71. The van der Waals surface area contributed by atoms with Gasteiger partial charge in [-0.25, -0.2) is 0 Å². The van der Waals surface area contributed by atoms with Gasteiger partial charge in [0.15, 0.2) is 5.69 Å². The van der Waals surface area contributed by atoms with Crippen LogP contribution in [-0.2, 0) is 11.2 Å². The van der Waals surface area contributed by atoms with Gasteiger partial charge in [0.1, 0.15) is 5.78 Å². The van der Waals surface area contributed by atoms with E-state index >= 15 is 0 Å². The van der Waals surface area contributed by atoms with Crippen molar-refractivity contribution in [2.45, 2.75) is 32.6 Å². The van der Waals surface area contributed by atoms with Crippen LogP contribution in [0, 0.1) is 17.0 Å². The molecule has 1 atom stereocenters. The minimum Gasteiger partial charge on any atom is -0.354 e. The fourth-order valence-electron chi connectivity index (χ4n) is 2.39. The maximum absolute atomic E-state index is 11.5. The lowest BCUT2D eigenvalue weighted by Crippen LogP contribution is -2.08. The van der Waals surface area contributed by atoms with Crippen molar-refractivity contribution in [2.24, 2.45) is 0 Å². The molecular weight excluding hydrogens is 308 g/mol. The van der Waals surface area contributed by atoms with E-state index in [4.69, 9.17) is 16.1 Å². The van der Waals surface area contributed by atoms with E-state index < -0.39 is 4.92 Å². The molecule has 0 aliphatic rings. The van der Waals surface area contributed by atoms with E-state index in [0.717, 1.165) is 5.56 Å². The quantitative estimate of drug-likeness (QED) is 0.595. The Morgan fingerprint density at radius 1 is 1.41 bits per heavy atom. The first-order valence-electron chi connectivity index (χ1n) is 6.73.